The summed E-state index contributed by atoms with van der Waals surface area (Å²) in [5.41, 5.74) is 4.58. The van der Waals surface area contributed by atoms with Crippen LogP contribution in [0.2, 0.25) is 0 Å². The van der Waals surface area contributed by atoms with Gasteiger partial charge in [-0.2, -0.15) is 0 Å². The molecule has 0 unspecified atom stereocenters. The van der Waals surface area contributed by atoms with Crippen molar-refractivity contribution in [1.82, 2.24) is 25.3 Å². The summed E-state index contributed by atoms with van der Waals surface area (Å²) in [6, 6.07) is 16.3. The van der Waals surface area contributed by atoms with E-state index in [4.69, 9.17) is 4.42 Å². The van der Waals surface area contributed by atoms with E-state index in [1.54, 1.807) is 6.20 Å². The average molecular weight is 401 g/mol. The molecule has 7 heteroatoms. The number of aromatic nitrogens is 4. The molecule has 1 aliphatic carbocycles. The minimum atomic E-state index is 0.106. The molecule has 30 heavy (non-hydrogen) atoms. The lowest BCUT2D eigenvalue weighted by molar-refractivity contribution is -0.121. The first-order valence-corrected chi connectivity index (χ1v) is 10.4. The van der Waals surface area contributed by atoms with Gasteiger partial charge in [0.15, 0.2) is 5.58 Å². The molecule has 7 nitrogen and oxygen atoms in total. The van der Waals surface area contributed by atoms with Crippen LogP contribution in [0.4, 0.5) is 0 Å². The highest BCUT2D eigenvalue weighted by molar-refractivity contribution is 5.77. The van der Waals surface area contributed by atoms with E-state index < -0.39 is 0 Å². The van der Waals surface area contributed by atoms with Gasteiger partial charge in [0, 0.05) is 23.6 Å². The van der Waals surface area contributed by atoms with Gasteiger partial charge in [0.05, 0.1) is 17.9 Å². The molecular formula is C23H23N5O2. The maximum absolute atomic E-state index is 11.7. The number of hydrogen-bond donors (Lipinski definition) is 1. The van der Waals surface area contributed by atoms with Gasteiger partial charge >= 0.3 is 0 Å². The number of hydrogen-bond acceptors (Lipinski definition) is 5. The largest absolute Gasteiger partial charge is 0.436 e. The number of rotatable bonds is 5. The maximum Gasteiger partial charge on any atom is 0.227 e. The molecule has 1 aliphatic rings. The highest BCUT2D eigenvalue weighted by Gasteiger charge is 2.29. The Labute approximate surface area is 174 Å². The standard InChI is InChI=1S/C23H23N5O2/c1-2-22(29)25-17-11-12-18(13-17)28-20(14-24-27-28)15-7-9-16(10-8-15)23-26-19-5-3-4-6-21(19)30-23/h3-10,14,17-18H,2,11-13H2,1H3,(H,25,29)/t17-,18+/m0/s1. The fourth-order valence-electron chi connectivity index (χ4n) is 4.14. The minimum Gasteiger partial charge on any atom is -0.436 e. The molecule has 2 aromatic heterocycles. The normalized spacial score (nSPS) is 18.7. The van der Waals surface area contributed by atoms with Crippen molar-refractivity contribution in [2.75, 3.05) is 0 Å². The highest BCUT2D eigenvalue weighted by atomic mass is 16.3. The Kier molecular flexibility index (Phi) is 4.78. The second kappa shape index (κ2) is 7.74. The summed E-state index contributed by atoms with van der Waals surface area (Å²) in [6.45, 7) is 1.88. The first kappa shape index (κ1) is 18.5. The van der Waals surface area contributed by atoms with Crippen LogP contribution in [0.25, 0.3) is 33.8 Å². The molecule has 5 rings (SSSR count). The van der Waals surface area contributed by atoms with Crippen molar-refractivity contribution >= 4 is 17.0 Å². The van der Waals surface area contributed by atoms with E-state index in [1.807, 2.05) is 60.1 Å². The molecule has 0 radical (unpaired) electrons. The summed E-state index contributed by atoms with van der Waals surface area (Å²) in [5, 5.41) is 11.6. The molecule has 4 aromatic rings. The number of nitrogens with one attached hydrogen (secondary N) is 1. The van der Waals surface area contributed by atoms with E-state index in [2.05, 4.69) is 20.6 Å². The maximum atomic E-state index is 11.7. The fourth-order valence-corrected chi connectivity index (χ4v) is 4.14. The molecule has 0 spiro atoms. The van der Waals surface area contributed by atoms with Crippen molar-refractivity contribution in [2.45, 2.75) is 44.7 Å². The Morgan fingerprint density at radius 1 is 1.13 bits per heavy atom. The Bertz CT molecular complexity index is 1140. The second-order valence-corrected chi connectivity index (χ2v) is 7.71. The molecule has 2 heterocycles. The van der Waals surface area contributed by atoms with Crippen molar-refractivity contribution in [1.29, 1.82) is 0 Å². The third kappa shape index (κ3) is 3.47. The van der Waals surface area contributed by atoms with Gasteiger partial charge in [0.25, 0.3) is 0 Å². The Hall–Kier alpha value is -3.48. The number of oxazole rings is 1. The quantitative estimate of drug-likeness (QED) is 0.537. The van der Waals surface area contributed by atoms with E-state index in [0.717, 1.165) is 47.2 Å². The predicted octanol–water partition coefficient (Wildman–Crippen LogP) is 4.37. The lowest BCUT2D eigenvalue weighted by Gasteiger charge is -2.15. The zero-order valence-electron chi connectivity index (χ0n) is 16.8. The number of fused-ring (bicyclic) bond motifs is 1. The van der Waals surface area contributed by atoms with Crippen LogP contribution in [-0.4, -0.2) is 31.9 Å². The fraction of sp³-hybridized carbons (Fsp3) is 0.304. The molecule has 1 N–H and O–H groups in total. The van der Waals surface area contributed by atoms with Crippen LogP contribution < -0.4 is 5.32 Å². The molecule has 2 aromatic carbocycles. The van der Waals surface area contributed by atoms with E-state index in [1.165, 1.54) is 0 Å². The third-order valence-electron chi connectivity index (χ3n) is 5.73. The lowest BCUT2D eigenvalue weighted by Crippen LogP contribution is -2.32. The molecule has 1 saturated carbocycles. The zero-order chi connectivity index (χ0) is 20.5. The molecule has 1 amide bonds. The molecular weight excluding hydrogens is 378 g/mol. The van der Waals surface area contributed by atoms with Crippen LogP contribution in [0.5, 0.6) is 0 Å². The summed E-state index contributed by atoms with van der Waals surface area (Å²) >= 11 is 0. The van der Waals surface area contributed by atoms with Gasteiger partial charge in [-0.25, -0.2) is 9.67 Å². The van der Waals surface area contributed by atoms with Gasteiger partial charge in [-0.1, -0.05) is 36.4 Å². The summed E-state index contributed by atoms with van der Waals surface area (Å²) in [6.07, 6.45) is 5.13. The number of para-hydroxylation sites is 2. The van der Waals surface area contributed by atoms with Gasteiger partial charge in [-0.05, 0) is 43.5 Å². The summed E-state index contributed by atoms with van der Waals surface area (Å²) in [4.78, 5) is 16.3. The predicted molar refractivity (Wildman–Crippen MR) is 114 cm³/mol. The number of carbonyl (C=O) groups is 1. The SMILES string of the molecule is CCC(=O)N[C@H]1CC[C@@H](n2nncc2-c2ccc(-c3nc4ccccc4o3)cc2)C1. The summed E-state index contributed by atoms with van der Waals surface area (Å²) in [7, 11) is 0. The average Bonchev–Trinajstić information content (AvgIpc) is 3.52. The molecule has 0 aliphatic heterocycles. The van der Waals surface area contributed by atoms with E-state index in [0.29, 0.717) is 12.3 Å². The lowest BCUT2D eigenvalue weighted by atomic mass is 10.1. The Balaban J connectivity index is 1.36. The molecule has 1 fully saturated rings. The van der Waals surface area contributed by atoms with Crippen LogP contribution >= 0.6 is 0 Å². The number of carbonyl (C=O) groups excluding carboxylic acids is 1. The van der Waals surface area contributed by atoms with Crippen molar-refractivity contribution in [2.24, 2.45) is 0 Å². The summed E-state index contributed by atoms with van der Waals surface area (Å²) < 4.78 is 7.86. The molecule has 152 valence electrons. The smallest absolute Gasteiger partial charge is 0.227 e. The second-order valence-electron chi connectivity index (χ2n) is 7.71. The van der Waals surface area contributed by atoms with Crippen molar-refractivity contribution in [3.8, 4) is 22.7 Å². The van der Waals surface area contributed by atoms with E-state index in [-0.39, 0.29) is 18.0 Å². The van der Waals surface area contributed by atoms with Gasteiger partial charge in [0.1, 0.15) is 5.52 Å². The first-order valence-electron chi connectivity index (χ1n) is 10.4. The van der Waals surface area contributed by atoms with Gasteiger partial charge < -0.3 is 9.73 Å². The van der Waals surface area contributed by atoms with Crippen LogP contribution in [0.15, 0.2) is 59.1 Å². The highest BCUT2D eigenvalue weighted by Crippen LogP contribution is 2.34. The van der Waals surface area contributed by atoms with Crippen molar-refractivity contribution < 1.29 is 9.21 Å². The van der Waals surface area contributed by atoms with Gasteiger partial charge in [-0.15, -0.1) is 5.10 Å². The van der Waals surface area contributed by atoms with Crippen molar-refractivity contribution in [3.63, 3.8) is 0 Å². The zero-order valence-corrected chi connectivity index (χ0v) is 16.8. The van der Waals surface area contributed by atoms with Crippen LogP contribution in [0.1, 0.15) is 38.6 Å². The number of amides is 1. The molecule has 0 bridgehead atoms. The minimum absolute atomic E-state index is 0.106. The van der Waals surface area contributed by atoms with Crippen LogP contribution in [0.3, 0.4) is 0 Å². The first-order chi connectivity index (χ1) is 14.7. The van der Waals surface area contributed by atoms with Crippen molar-refractivity contribution in [3.05, 3.63) is 54.7 Å². The topological polar surface area (TPSA) is 85.8 Å². The number of nitrogens with zero attached hydrogens (tertiary/aromatic N) is 4. The Morgan fingerprint density at radius 2 is 1.93 bits per heavy atom. The van der Waals surface area contributed by atoms with E-state index in [9.17, 15) is 4.79 Å². The molecule has 0 saturated heterocycles. The Morgan fingerprint density at radius 3 is 2.73 bits per heavy atom. The van der Waals surface area contributed by atoms with E-state index >= 15 is 0 Å². The van der Waals surface area contributed by atoms with Crippen LogP contribution in [-0.2, 0) is 4.79 Å². The van der Waals surface area contributed by atoms with Crippen LogP contribution in [0, 0.1) is 0 Å². The molecule has 2 atom stereocenters. The van der Waals surface area contributed by atoms with Gasteiger partial charge in [-0.3, -0.25) is 4.79 Å². The summed E-state index contributed by atoms with van der Waals surface area (Å²) in [5.74, 6) is 0.717. The monoisotopic (exact) mass is 401 g/mol. The van der Waals surface area contributed by atoms with Gasteiger partial charge in [0.2, 0.25) is 11.8 Å². The number of benzene rings is 2. The third-order valence-corrected chi connectivity index (χ3v) is 5.73.